The Morgan fingerprint density at radius 3 is 2.55 bits per heavy atom. The Kier molecular flexibility index (Phi) is 6.14. The molecule has 2 saturated heterocycles. The van der Waals surface area contributed by atoms with Crippen LogP contribution in [0.2, 0.25) is 10.0 Å². The molecule has 4 nitrogen and oxygen atoms in total. The van der Waals surface area contributed by atoms with Crippen molar-refractivity contribution in [1.82, 2.24) is 4.90 Å². The minimum Gasteiger partial charge on any atom is -0.475 e. The first-order chi connectivity index (χ1) is 14.0. The first-order valence-corrected chi connectivity index (χ1v) is 10.8. The van der Waals surface area contributed by atoms with Crippen molar-refractivity contribution in [2.45, 2.75) is 32.4 Å². The van der Waals surface area contributed by atoms with Gasteiger partial charge in [-0.15, -0.1) is 0 Å². The van der Waals surface area contributed by atoms with Gasteiger partial charge in [-0.05, 0) is 56.5 Å². The zero-order valence-electron chi connectivity index (χ0n) is 16.4. The lowest BCUT2D eigenvalue weighted by Gasteiger charge is -2.25. The third-order valence-corrected chi connectivity index (χ3v) is 6.28. The molecule has 2 heterocycles. The normalized spacial score (nSPS) is 19.9. The molecule has 0 aromatic heterocycles. The summed E-state index contributed by atoms with van der Waals surface area (Å²) in [6, 6.07) is 13.2. The van der Waals surface area contributed by atoms with Crippen LogP contribution < -0.4 is 9.64 Å². The Labute approximate surface area is 181 Å². The number of amides is 1. The van der Waals surface area contributed by atoms with Crippen LogP contribution in [0.4, 0.5) is 5.69 Å². The summed E-state index contributed by atoms with van der Waals surface area (Å²) in [4.78, 5) is 17.1. The summed E-state index contributed by atoms with van der Waals surface area (Å²) in [6.07, 6.45) is 5.08. The fourth-order valence-corrected chi connectivity index (χ4v) is 4.20. The van der Waals surface area contributed by atoms with Crippen LogP contribution in [0.25, 0.3) is 6.08 Å². The van der Waals surface area contributed by atoms with E-state index in [-0.39, 0.29) is 12.1 Å². The molecule has 6 heteroatoms. The van der Waals surface area contributed by atoms with Gasteiger partial charge in [-0.3, -0.25) is 9.69 Å². The highest BCUT2D eigenvalue weighted by atomic mass is 35.5. The largest absolute Gasteiger partial charge is 0.475 e. The summed E-state index contributed by atoms with van der Waals surface area (Å²) in [5, 5.41) is 0.931. The third kappa shape index (κ3) is 4.45. The van der Waals surface area contributed by atoms with Crippen molar-refractivity contribution in [3.8, 4) is 5.75 Å². The molecular weight excluding hydrogens is 407 g/mol. The number of carbonyl (C=O) groups excluding carboxylic acids is 1. The number of halogens is 2. The Hall–Kier alpha value is -2.01. The molecule has 2 aromatic carbocycles. The van der Waals surface area contributed by atoms with E-state index < -0.39 is 0 Å². The van der Waals surface area contributed by atoms with Crippen LogP contribution in [-0.2, 0) is 4.79 Å². The summed E-state index contributed by atoms with van der Waals surface area (Å²) in [6.45, 7) is 4.85. The van der Waals surface area contributed by atoms with Gasteiger partial charge in [-0.2, -0.15) is 0 Å². The molecule has 2 aromatic rings. The number of para-hydroxylation sites is 1. The molecule has 0 spiro atoms. The van der Waals surface area contributed by atoms with Crippen LogP contribution in [0.1, 0.15) is 31.7 Å². The first kappa shape index (κ1) is 20.3. The third-order valence-electron chi connectivity index (χ3n) is 5.54. The molecule has 29 heavy (non-hydrogen) atoms. The van der Waals surface area contributed by atoms with Crippen LogP contribution in [0, 0.1) is 0 Å². The molecule has 152 valence electrons. The summed E-state index contributed by atoms with van der Waals surface area (Å²) in [5.41, 5.74) is 2.46. The van der Waals surface area contributed by atoms with Crippen molar-refractivity contribution >= 4 is 40.9 Å². The molecule has 1 unspecified atom stereocenters. The molecular formula is C23H24Cl2N2O2. The first-order valence-electron chi connectivity index (χ1n) is 10.00. The molecule has 2 fully saturated rings. The second-order valence-corrected chi connectivity index (χ2v) is 8.29. The average molecular weight is 431 g/mol. The van der Waals surface area contributed by atoms with E-state index in [1.807, 2.05) is 36.4 Å². The summed E-state index contributed by atoms with van der Waals surface area (Å²) < 4.78 is 6.24. The number of benzene rings is 2. The van der Waals surface area contributed by atoms with Gasteiger partial charge < -0.3 is 9.64 Å². The van der Waals surface area contributed by atoms with Crippen LogP contribution >= 0.6 is 23.2 Å². The minimum absolute atomic E-state index is 0.00853. The van der Waals surface area contributed by atoms with Crippen molar-refractivity contribution in [3.05, 3.63) is 63.6 Å². The average Bonchev–Trinajstić information content (AvgIpc) is 3.37. The number of anilines is 1. The van der Waals surface area contributed by atoms with Gasteiger partial charge in [0, 0.05) is 36.5 Å². The highest BCUT2D eigenvalue weighted by Crippen LogP contribution is 2.32. The van der Waals surface area contributed by atoms with E-state index in [9.17, 15) is 4.79 Å². The van der Waals surface area contributed by atoms with Crippen molar-refractivity contribution in [2.24, 2.45) is 0 Å². The number of ether oxygens (including phenoxy) is 1. The van der Waals surface area contributed by atoms with Gasteiger partial charge in [-0.25, -0.2) is 0 Å². The monoisotopic (exact) mass is 430 g/mol. The summed E-state index contributed by atoms with van der Waals surface area (Å²) >= 11 is 12.1. The lowest BCUT2D eigenvalue weighted by atomic mass is 10.1. The van der Waals surface area contributed by atoms with E-state index >= 15 is 0 Å². The van der Waals surface area contributed by atoms with E-state index in [1.165, 1.54) is 12.8 Å². The zero-order chi connectivity index (χ0) is 20.4. The molecule has 0 bridgehead atoms. The molecule has 2 aliphatic heterocycles. The van der Waals surface area contributed by atoms with Crippen molar-refractivity contribution in [3.63, 3.8) is 0 Å². The molecule has 1 amide bonds. The molecule has 4 rings (SSSR count). The quantitative estimate of drug-likeness (QED) is 0.575. The standard InChI is InChI=1S/C23H24Cl2N2O2/c1-16(26-11-4-5-12-26)29-22-7-3-2-6-17(22)14-18-10-13-27(23(18)28)19-8-9-20(24)21(25)15-19/h2-3,6-9,14-16H,4-5,10-13H2,1H3/b18-14+. The second-order valence-electron chi connectivity index (χ2n) is 7.47. The maximum Gasteiger partial charge on any atom is 0.254 e. The summed E-state index contributed by atoms with van der Waals surface area (Å²) in [5.74, 6) is 0.797. The Bertz CT molecular complexity index is 938. The number of hydrogen-bond acceptors (Lipinski definition) is 3. The van der Waals surface area contributed by atoms with Crippen molar-refractivity contribution in [2.75, 3.05) is 24.5 Å². The van der Waals surface area contributed by atoms with Gasteiger partial charge in [0.05, 0.1) is 10.0 Å². The second kappa shape index (κ2) is 8.78. The smallest absolute Gasteiger partial charge is 0.254 e. The van der Waals surface area contributed by atoms with Crippen molar-refractivity contribution in [1.29, 1.82) is 0 Å². The topological polar surface area (TPSA) is 32.8 Å². The van der Waals surface area contributed by atoms with Gasteiger partial charge in [0.2, 0.25) is 0 Å². The fourth-order valence-electron chi connectivity index (χ4n) is 3.91. The minimum atomic E-state index is -0.00853. The van der Waals surface area contributed by atoms with Crippen LogP contribution in [0.3, 0.4) is 0 Å². The van der Waals surface area contributed by atoms with Crippen LogP contribution in [-0.4, -0.2) is 36.7 Å². The van der Waals surface area contributed by atoms with E-state index in [0.29, 0.717) is 23.0 Å². The van der Waals surface area contributed by atoms with Gasteiger partial charge in [0.15, 0.2) is 0 Å². The van der Waals surface area contributed by atoms with Gasteiger partial charge in [0.1, 0.15) is 12.0 Å². The van der Waals surface area contributed by atoms with E-state index in [1.54, 1.807) is 17.0 Å². The van der Waals surface area contributed by atoms with E-state index in [4.69, 9.17) is 27.9 Å². The number of likely N-dealkylation sites (tertiary alicyclic amines) is 1. The molecule has 0 N–H and O–H groups in total. The maximum atomic E-state index is 13.0. The predicted molar refractivity (Wildman–Crippen MR) is 119 cm³/mol. The lowest BCUT2D eigenvalue weighted by Crippen LogP contribution is -2.34. The Morgan fingerprint density at radius 1 is 1.03 bits per heavy atom. The number of carbonyl (C=O) groups is 1. The maximum absolute atomic E-state index is 13.0. The number of rotatable bonds is 5. The molecule has 1 atom stereocenters. The zero-order valence-corrected chi connectivity index (χ0v) is 17.9. The Morgan fingerprint density at radius 2 is 1.79 bits per heavy atom. The van der Waals surface area contributed by atoms with Gasteiger partial charge in [0.25, 0.3) is 5.91 Å². The lowest BCUT2D eigenvalue weighted by molar-refractivity contribution is -0.114. The number of hydrogen-bond donors (Lipinski definition) is 0. The van der Waals surface area contributed by atoms with Gasteiger partial charge >= 0.3 is 0 Å². The fraction of sp³-hybridized carbons (Fsp3) is 0.348. The highest BCUT2D eigenvalue weighted by molar-refractivity contribution is 6.42. The summed E-state index contributed by atoms with van der Waals surface area (Å²) in [7, 11) is 0. The molecule has 0 aliphatic carbocycles. The predicted octanol–water partition coefficient (Wildman–Crippen LogP) is 5.63. The van der Waals surface area contributed by atoms with E-state index in [2.05, 4.69) is 11.8 Å². The number of nitrogens with zero attached hydrogens (tertiary/aromatic N) is 2. The molecule has 2 aliphatic rings. The van der Waals surface area contributed by atoms with Crippen molar-refractivity contribution < 1.29 is 9.53 Å². The van der Waals surface area contributed by atoms with Crippen LogP contribution in [0.15, 0.2) is 48.0 Å². The SMILES string of the molecule is CC(Oc1ccccc1/C=C1\CCN(c2ccc(Cl)c(Cl)c2)C1=O)N1CCCC1. The van der Waals surface area contributed by atoms with Gasteiger partial charge in [-0.1, -0.05) is 41.4 Å². The Balaban J connectivity index is 1.53. The van der Waals surface area contributed by atoms with Crippen LogP contribution in [0.5, 0.6) is 5.75 Å². The molecule has 0 radical (unpaired) electrons. The van der Waals surface area contributed by atoms with E-state index in [0.717, 1.165) is 35.7 Å². The highest BCUT2D eigenvalue weighted by Gasteiger charge is 2.28. The molecule has 0 saturated carbocycles.